The van der Waals surface area contributed by atoms with Crippen LogP contribution in [0.1, 0.15) is 11.1 Å². The van der Waals surface area contributed by atoms with E-state index in [1.807, 2.05) is 36.4 Å². The van der Waals surface area contributed by atoms with E-state index in [0.717, 1.165) is 49.2 Å². The topological polar surface area (TPSA) is 45.1 Å². The minimum Gasteiger partial charge on any atom is -0.497 e. The standard InChI is InChI=1S/C22H23N3O2S/c1-27-19-9-7-17(8-10-19)15-20-21(26)23-22(28-20)25-13-11-24(12-14-25)16-18-5-3-2-4-6-18/h2-10,15H,11-14,16H2,1H3/b20-15-. The van der Waals surface area contributed by atoms with Crippen molar-refractivity contribution in [2.45, 2.75) is 6.54 Å². The van der Waals surface area contributed by atoms with Gasteiger partial charge in [0.25, 0.3) is 5.91 Å². The van der Waals surface area contributed by atoms with Crippen molar-refractivity contribution in [3.63, 3.8) is 0 Å². The first-order valence-electron chi connectivity index (χ1n) is 9.39. The second-order valence-electron chi connectivity index (χ2n) is 6.83. The monoisotopic (exact) mass is 393 g/mol. The zero-order chi connectivity index (χ0) is 19.3. The number of hydrogen-bond donors (Lipinski definition) is 0. The number of rotatable bonds is 4. The summed E-state index contributed by atoms with van der Waals surface area (Å²) < 4.78 is 5.18. The van der Waals surface area contributed by atoms with Gasteiger partial charge >= 0.3 is 0 Å². The van der Waals surface area contributed by atoms with Gasteiger partial charge in [0.2, 0.25) is 0 Å². The van der Waals surface area contributed by atoms with Crippen molar-refractivity contribution in [3.8, 4) is 5.75 Å². The third kappa shape index (κ3) is 4.46. The van der Waals surface area contributed by atoms with Crippen molar-refractivity contribution in [3.05, 3.63) is 70.6 Å². The van der Waals surface area contributed by atoms with Crippen LogP contribution in [0.4, 0.5) is 0 Å². The fourth-order valence-corrected chi connectivity index (χ4v) is 4.29. The van der Waals surface area contributed by atoms with E-state index in [2.05, 4.69) is 39.1 Å². The summed E-state index contributed by atoms with van der Waals surface area (Å²) in [5.41, 5.74) is 2.31. The maximum absolute atomic E-state index is 12.3. The zero-order valence-electron chi connectivity index (χ0n) is 15.9. The molecule has 0 atom stereocenters. The Balaban J connectivity index is 1.34. The van der Waals surface area contributed by atoms with Crippen molar-refractivity contribution < 1.29 is 9.53 Å². The summed E-state index contributed by atoms with van der Waals surface area (Å²) >= 11 is 1.47. The molecule has 2 heterocycles. The van der Waals surface area contributed by atoms with Crippen LogP contribution in [0.25, 0.3) is 6.08 Å². The van der Waals surface area contributed by atoms with Crippen LogP contribution in [0.5, 0.6) is 5.75 Å². The molecule has 2 aromatic carbocycles. The molecule has 6 heteroatoms. The molecule has 0 spiro atoms. The predicted octanol–water partition coefficient (Wildman–Crippen LogP) is 3.48. The molecule has 0 aliphatic carbocycles. The molecule has 2 aliphatic heterocycles. The first-order chi connectivity index (χ1) is 13.7. The molecule has 2 aromatic rings. The van der Waals surface area contributed by atoms with Gasteiger partial charge in [-0.05, 0) is 41.1 Å². The van der Waals surface area contributed by atoms with E-state index in [-0.39, 0.29) is 5.91 Å². The average Bonchev–Trinajstić information content (AvgIpc) is 3.10. The van der Waals surface area contributed by atoms with Crippen LogP contribution in [-0.2, 0) is 11.3 Å². The van der Waals surface area contributed by atoms with Gasteiger partial charge < -0.3 is 9.64 Å². The van der Waals surface area contributed by atoms with Gasteiger partial charge in [0.1, 0.15) is 5.75 Å². The minimum absolute atomic E-state index is 0.150. The molecule has 5 nitrogen and oxygen atoms in total. The fraction of sp³-hybridized carbons (Fsp3) is 0.273. The molecule has 2 aliphatic rings. The van der Waals surface area contributed by atoms with Crippen molar-refractivity contribution in [1.29, 1.82) is 0 Å². The molecule has 0 saturated carbocycles. The molecule has 28 heavy (non-hydrogen) atoms. The Morgan fingerprint density at radius 2 is 1.75 bits per heavy atom. The van der Waals surface area contributed by atoms with Gasteiger partial charge in [0.05, 0.1) is 12.0 Å². The molecule has 1 saturated heterocycles. The van der Waals surface area contributed by atoms with Gasteiger partial charge in [-0.15, -0.1) is 0 Å². The summed E-state index contributed by atoms with van der Waals surface area (Å²) in [6.45, 7) is 4.69. The number of methoxy groups -OCH3 is 1. The van der Waals surface area contributed by atoms with E-state index < -0.39 is 0 Å². The normalized spacial score (nSPS) is 19.2. The number of piperazine rings is 1. The van der Waals surface area contributed by atoms with E-state index in [1.165, 1.54) is 17.3 Å². The van der Waals surface area contributed by atoms with E-state index in [9.17, 15) is 4.79 Å². The van der Waals surface area contributed by atoms with Crippen molar-refractivity contribution in [2.75, 3.05) is 33.3 Å². The average molecular weight is 394 g/mol. The first kappa shape index (κ1) is 18.8. The highest BCUT2D eigenvalue weighted by Gasteiger charge is 2.28. The number of hydrogen-bond acceptors (Lipinski definition) is 5. The number of ether oxygens (including phenoxy) is 1. The SMILES string of the molecule is COc1ccc(/C=C2\SC(N3CCN(Cc4ccccc4)CC3)=NC2=O)cc1. The lowest BCUT2D eigenvalue weighted by Crippen LogP contribution is -2.47. The number of amidine groups is 1. The summed E-state index contributed by atoms with van der Waals surface area (Å²) in [7, 11) is 1.64. The lowest BCUT2D eigenvalue weighted by Gasteiger charge is -2.35. The van der Waals surface area contributed by atoms with Crippen LogP contribution < -0.4 is 4.74 Å². The molecule has 4 rings (SSSR count). The molecule has 0 N–H and O–H groups in total. The Kier molecular flexibility index (Phi) is 5.78. The number of aliphatic imine (C=N–C) groups is 1. The van der Waals surface area contributed by atoms with E-state index >= 15 is 0 Å². The van der Waals surface area contributed by atoms with Crippen LogP contribution in [0.3, 0.4) is 0 Å². The number of benzene rings is 2. The zero-order valence-corrected chi connectivity index (χ0v) is 16.7. The van der Waals surface area contributed by atoms with Gasteiger partial charge in [0.15, 0.2) is 5.17 Å². The Hall–Kier alpha value is -2.57. The van der Waals surface area contributed by atoms with E-state index in [1.54, 1.807) is 7.11 Å². The number of amides is 1. The predicted molar refractivity (Wildman–Crippen MR) is 114 cm³/mol. The molecule has 144 valence electrons. The lowest BCUT2D eigenvalue weighted by atomic mass is 10.2. The highest BCUT2D eigenvalue weighted by atomic mass is 32.2. The van der Waals surface area contributed by atoms with E-state index in [4.69, 9.17) is 4.74 Å². The summed E-state index contributed by atoms with van der Waals surface area (Å²) in [5.74, 6) is 0.653. The second-order valence-corrected chi connectivity index (χ2v) is 7.84. The second kappa shape index (κ2) is 8.63. The first-order valence-corrected chi connectivity index (χ1v) is 10.2. The summed E-state index contributed by atoms with van der Waals surface area (Å²) in [6.07, 6.45) is 1.90. The summed E-state index contributed by atoms with van der Waals surface area (Å²) in [4.78, 5) is 22.0. The molecule has 0 radical (unpaired) electrons. The van der Waals surface area contributed by atoms with Gasteiger partial charge in [0, 0.05) is 32.7 Å². The third-order valence-corrected chi connectivity index (χ3v) is 5.96. The number of carbonyl (C=O) groups excluding carboxylic acids is 1. The molecule has 0 bridgehead atoms. The quantitative estimate of drug-likeness (QED) is 0.744. The molecule has 0 aromatic heterocycles. The van der Waals surface area contributed by atoms with Gasteiger partial charge in [-0.3, -0.25) is 9.69 Å². The van der Waals surface area contributed by atoms with Gasteiger partial charge in [-0.2, -0.15) is 4.99 Å². The highest BCUT2D eigenvalue weighted by molar-refractivity contribution is 8.18. The molecule has 1 fully saturated rings. The summed E-state index contributed by atoms with van der Waals surface area (Å²) in [6, 6.07) is 18.2. The van der Waals surface area contributed by atoms with Crippen LogP contribution in [0, 0.1) is 0 Å². The van der Waals surface area contributed by atoms with Crippen molar-refractivity contribution in [2.24, 2.45) is 4.99 Å². The largest absolute Gasteiger partial charge is 0.497 e. The maximum Gasteiger partial charge on any atom is 0.286 e. The summed E-state index contributed by atoms with van der Waals surface area (Å²) in [5, 5.41) is 0.823. The van der Waals surface area contributed by atoms with Crippen LogP contribution in [-0.4, -0.2) is 54.2 Å². The van der Waals surface area contributed by atoms with Crippen molar-refractivity contribution >= 4 is 28.9 Å². The fourth-order valence-electron chi connectivity index (χ4n) is 3.32. The molecule has 0 unspecified atom stereocenters. The van der Waals surface area contributed by atoms with Crippen LogP contribution >= 0.6 is 11.8 Å². The molecular formula is C22H23N3O2S. The number of nitrogens with zero attached hydrogens (tertiary/aromatic N) is 3. The third-order valence-electron chi connectivity index (χ3n) is 4.91. The molecular weight excluding hydrogens is 370 g/mol. The van der Waals surface area contributed by atoms with Crippen molar-refractivity contribution in [1.82, 2.24) is 9.80 Å². The van der Waals surface area contributed by atoms with Gasteiger partial charge in [-0.1, -0.05) is 42.5 Å². The van der Waals surface area contributed by atoms with Gasteiger partial charge in [-0.25, -0.2) is 0 Å². The van der Waals surface area contributed by atoms with Crippen LogP contribution in [0.15, 0.2) is 64.5 Å². The Bertz CT molecular complexity index is 886. The minimum atomic E-state index is -0.150. The number of carbonyl (C=O) groups is 1. The maximum atomic E-state index is 12.3. The molecule has 1 amide bonds. The smallest absolute Gasteiger partial charge is 0.286 e. The Morgan fingerprint density at radius 3 is 2.43 bits per heavy atom. The van der Waals surface area contributed by atoms with Crippen LogP contribution in [0.2, 0.25) is 0 Å². The number of thioether (sulfide) groups is 1. The Morgan fingerprint density at radius 1 is 1.04 bits per heavy atom. The lowest BCUT2D eigenvalue weighted by molar-refractivity contribution is -0.113. The van der Waals surface area contributed by atoms with E-state index in [0.29, 0.717) is 4.91 Å². The highest BCUT2D eigenvalue weighted by Crippen LogP contribution is 2.31. The Labute approximate surface area is 169 Å².